The number of aryl methyl sites for hydroxylation is 2. The van der Waals surface area contributed by atoms with Crippen LogP contribution in [0.25, 0.3) is 0 Å². The van der Waals surface area contributed by atoms with Crippen LogP contribution in [-0.4, -0.2) is 47.3 Å². The van der Waals surface area contributed by atoms with Gasteiger partial charge in [-0.25, -0.2) is 0 Å². The van der Waals surface area contributed by atoms with Crippen LogP contribution in [0.2, 0.25) is 0 Å². The van der Waals surface area contributed by atoms with E-state index in [1.54, 1.807) is 0 Å². The number of nitrogens with zero attached hydrogens (tertiary/aromatic N) is 4. The Morgan fingerprint density at radius 3 is 2.67 bits per heavy atom. The molecule has 1 aromatic heterocycles. The van der Waals surface area contributed by atoms with Gasteiger partial charge in [-0.05, 0) is 37.8 Å². The normalized spacial score (nSPS) is 14.9. The van der Waals surface area contributed by atoms with Gasteiger partial charge < -0.3 is 10.6 Å². The van der Waals surface area contributed by atoms with E-state index in [0.29, 0.717) is 0 Å². The number of aliphatic imine (C=N–C) groups is 1. The second-order valence-electron chi connectivity index (χ2n) is 7.27. The van der Waals surface area contributed by atoms with E-state index in [1.807, 2.05) is 18.8 Å². The van der Waals surface area contributed by atoms with E-state index in [2.05, 4.69) is 63.7 Å². The second kappa shape index (κ2) is 9.04. The van der Waals surface area contributed by atoms with Crippen LogP contribution < -0.4 is 10.6 Å². The minimum Gasteiger partial charge on any atom is -0.356 e. The SMILES string of the molecule is CN=C(NCCCN1CCc2ccccc2C1)NCc1c(C)nn(C)c1C. The molecule has 0 fully saturated rings. The van der Waals surface area contributed by atoms with Crippen molar-refractivity contribution < 1.29 is 0 Å². The summed E-state index contributed by atoms with van der Waals surface area (Å²) >= 11 is 0. The van der Waals surface area contributed by atoms with Gasteiger partial charge in [0.15, 0.2) is 5.96 Å². The first-order chi connectivity index (χ1) is 13.1. The topological polar surface area (TPSA) is 57.5 Å². The summed E-state index contributed by atoms with van der Waals surface area (Å²) in [7, 11) is 3.80. The maximum Gasteiger partial charge on any atom is 0.191 e. The fourth-order valence-corrected chi connectivity index (χ4v) is 3.72. The van der Waals surface area contributed by atoms with Crippen LogP contribution in [0.5, 0.6) is 0 Å². The lowest BCUT2D eigenvalue weighted by atomic mass is 10.00. The Bertz CT molecular complexity index is 792. The van der Waals surface area contributed by atoms with E-state index in [0.717, 1.165) is 57.2 Å². The van der Waals surface area contributed by atoms with Crippen LogP contribution in [0.3, 0.4) is 0 Å². The third-order valence-corrected chi connectivity index (χ3v) is 5.47. The molecule has 0 bridgehead atoms. The first-order valence-corrected chi connectivity index (χ1v) is 9.81. The van der Waals surface area contributed by atoms with E-state index in [9.17, 15) is 0 Å². The van der Waals surface area contributed by atoms with Gasteiger partial charge in [-0.3, -0.25) is 14.6 Å². The summed E-state index contributed by atoms with van der Waals surface area (Å²) in [5.74, 6) is 0.849. The quantitative estimate of drug-likeness (QED) is 0.466. The Morgan fingerprint density at radius 1 is 1.19 bits per heavy atom. The highest BCUT2D eigenvalue weighted by Crippen LogP contribution is 2.18. The van der Waals surface area contributed by atoms with Crippen LogP contribution in [0, 0.1) is 13.8 Å². The van der Waals surface area contributed by atoms with E-state index in [4.69, 9.17) is 0 Å². The zero-order valence-corrected chi connectivity index (χ0v) is 17.0. The van der Waals surface area contributed by atoms with E-state index >= 15 is 0 Å². The first-order valence-electron chi connectivity index (χ1n) is 9.81. The van der Waals surface area contributed by atoms with Crippen molar-refractivity contribution >= 4 is 5.96 Å². The van der Waals surface area contributed by atoms with Crippen LogP contribution in [-0.2, 0) is 26.6 Å². The number of rotatable bonds is 6. The zero-order valence-electron chi connectivity index (χ0n) is 17.0. The average Bonchev–Trinajstić information content (AvgIpc) is 2.93. The molecule has 2 N–H and O–H groups in total. The Balaban J connectivity index is 1.39. The lowest BCUT2D eigenvalue weighted by molar-refractivity contribution is 0.251. The number of nitrogens with one attached hydrogen (secondary N) is 2. The first kappa shape index (κ1) is 19.4. The molecule has 0 spiro atoms. The Hall–Kier alpha value is -2.34. The number of hydrogen-bond acceptors (Lipinski definition) is 3. The average molecular weight is 369 g/mol. The van der Waals surface area contributed by atoms with Crippen molar-refractivity contribution in [2.24, 2.45) is 12.0 Å². The van der Waals surface area contributed by atoms with Gasteiger partial charge in [0.25, 0.3) is 0 Å². The van der Waals surface area contributed by atoms with Gasteiger partial charge in [0.1, 0.15) is 0 Å². The Labute approximate surface area is 162 Å². The predicted molar refractivity (Wildman–Crippen MR) is 111 cm³/mol. The van der Waals surface area contributed by atoms with Crippen molar-refractivity contribution in [3.05, 3.63) is 52.3 Å². The largest absolute Gasteiger partial charge is 0.356 e. The molecule has 0 amide bonds. The lowest BCUT2D eigenvalue weighted by Gasteiger charge is -2.28. The predicted octanol–water partition coefficient (Wildman–Crippen LogP) is 2.15. The molecular weight excluding hydrogens is 336 g/mol. The van der Waals surface area contributed by atoms with Crippen molar-refractivity contribution in [3.8, 4) is 0 Å². The number of hydrogen-bond donors (Lipinski definition) is 2. The molecule has 1 aliphatic rings. The fraction of sp³-hybridized carbons (Fsp3) is 0.524. The third kappa shape index (κ3) is 4.89. The van der Waals surface area contributed by atoms with Crippen LogP contribution in [0.1, 0.15) is 34.5 Å². The molecule has 0 saturated heterocycles. The molecular formula is C21H32N6. The molecule has 0 aliphatic carbocycles. The fourth-order valence-electron chi connectivity index (χ4n) is 3.72. The number of benzene rings is 1. The molecule has 0 radical (unpaired) electrons. The summed E-state index contributed by atoms with van der Waals surface area (Å²) in [6.45, 7) is 9.16. The van der Waals surface area contributed by atoms with Crippen LogP contribution >= 0.6 is 0 Å². The minimum absolute atomic E-state index is 0.744. The minimum atomic E-state index is 0.744. The monoisotopic (exact) mass is 368 g/mol. The smallest absolute Gasteiger partial charge is 0.191 e. The summed E-state index contributed by atoms with van der Waals surface area (Å²) in [6.07, 6.45) is 2.27. The maximum atomic E-state index is 4.47. The molecule has 1 aliphatic heterocycles. The molecule has 6 nitrogen and oxygen atoms in total. The van der Waals surface area contributed by atoms with Gasteiger partial charge in [-0.1, -0.05) is 24.3 Å². The summed E-state index contributed by atoms with van der Waals surface area (Å²) in [4.78, 5) is 6.88. The maximum absolute atomic E-state index is 4.47. The highest BCUT2D eigenvalue weighted by molar-refractivity contribution is 5.79. The standard InChI is InChI=1S/C21H32N6/c1-16-20(17(2)26(4)25-16)14-24-21(22-3)23-11-7-12-27-13-10-18-8-5-6-9-19(18)15-27/h5-6,8-9H,7,10-15H2,1-4H3,(H2,22,23,24). The highest BCUT2D eigenvalue weighted by atomic mass is 15.3. The number of fused-ring (bicyclic) bond motifs is 1. The molecule has 27 heavy (non-hydrogen) atoms. The molecule has 146 valence electrons. The van der Waals surface area contributed by atoms with E-state index in [-0.39, 0.29) is 0 Å². The summed E-state index contributed by atoms with van der Waals surface area (Å²) in [6, 6.07) is 8.81. The summed E-state index contributed by atoms with van der Waals surface area (Å²) < 4.78 is 1.93. The van der Waals surface area contributed by atoms with Crippen molar-refractivity contribution in [2.75, 3.05) is 26.7 Å². The van der Waals surface area contributed by atoms with E-state index in [1.165, 1.54) is 22.4 Å². The molecule has 1 aromatic carbocycles. The Morgan fingerprint density at radius 2 is 1.96 bits per heavy atom. The third-order valence-electron chi connectivity index (χ3n) is 5.47. The van der Waals surface area contributed by atoms with Gasteiger partial charge in [-0.15, -0.1) is 0 Å². The summed E-state index contributed by atoms with van der Waals surface area (Å²) in [5.41, 5.74) is 6.51. The molecule has 2 aromatic rings. The van der Waals surface area contributed by atoms with Crippen molar-refractivity contribution in [3.63, 3.8) is 0 Å². The van der Waals surface area contributed by atoms with Gasteiger partial charge in [0.05, 0.1) is 5.69 Å². The highest BCUT2D eigenvalue weighted by Gasteiger charge is 2.15. The van der Waals surface area contributed by atoms with Gasteiger partial charge in [0, 0.05) is 58.1 Å². The molecule has 6 heteroatoms. The Kier molecular flexibility index (Phi) is 6.50. The van der Waals surface area contributed by atoms with Gasteiger partial charge in [0.2, 0.25) is 0 Å². The van der Waals surface area contributed by atoms with E-state index < -0.39 is 0 Å². The molecule has 3 rings (SSSR count). The zero-order chi connectivity index (χ0) is 19.2. The van der Waals surface area contributed by atoms with Crippen molar-refractivity contribution in [1.82, 2.24) is 25.3 Å². The molecule has 0 unspecified atom stereocenters. The van der Waals surface area contributed by atoms with Crippen LogP contribution in [0.4, 0.5) is 0 Å². The van der Waals surface area contributed by atoms with Crippen molar-refractivity contribution in [1.29, 1.82) is 0 Å². The van der Waals surface area contributed by atoms with Crippen molar-refractivity contribution in [2.45, 2.75) is 39.8 Å². The molecule has 0 saturated carbocycles. The number of guanidine groups is 1. The number of aromatic nitrogens is 2. The van der Waals surface area contributed by atoms with Gasteiger partial charge >= 0.3 is 0 Å². The lowest BCUT2D eigenvalue weighted by Crippen LogP contribution is -2.39. The molecule has 2 heterocycles. The summed E-state index contributed by atoms with van der Waals surface area (Å²) in [5, 5.41) is 11.3. The van der Waals surface area contributed by atoms with Gasteiger partial charge in [-0.2, -0.15) is 5.10 Å². The van der Waals surface area contributed by atoms with Crippen LogP contribution in [0.15, 0.2) is 29.3 Å². The second-order valence-corrected chi connectivity index (χ2v) is 7.27. The molecule has 0 atom stereocenters.